The molecular weight excluding hydrogens is 460 g/mol. The average molecular weight is 476 g/mol. The van der Waals surface area contributed by atoms with Crippen molar-refractivity contribution < 1.29 is 4.74 Å². The second-order valence-electron chi connectivity index (χ2n) is 6.54. The van der Waals surface area contributed by atoms with Crippen molar-refractivity contribution in [3.05, 3.63) is 84.4 Å². The summed E-state index contributed by atoms with van der Waals surface area (Å²) in [5, 5.41) is 0.541. The zero-order chi connectivity index (χ0) is 20.7. The van der Waals surface area contributed by atoms with Crippen LogP contribution in [0, 0.1) is 0 Å². The van der Waals surface area contributed by atoms with Gasteiger partial charge in [-0.15, -0.1) is 0 Å². The van der Waals surface area contributed by atoms with Crippen LogP contribution in [0.4, 0.5) is 0 Å². The molecule has 29 heavy (non-hydrogen) atoms. The molecule has 0 saturated carbocycles. The molecule has 0 atom stereocenters. The van der Waals surface area contributed by atoms with Gasteiger partial charge in [-0.3, -0.25) is 18.5 Å². The molecule has 0 fully saturated rings. The highest BCUT2D eigenvalue weighted by Gasteiger charge is 2.20. The van der Waals surface area contributed by atoms with Crippen LogP contribution in [0.2, 0.25) is 5.02 Å². The molecule has 0 aliphatic carbocycles. The number of benzene rings is 2. The quantitative estimate of drug-likeness (QED) is 0.451. The van der Waals surface area contributed by atoms with Crippen LogP contribution in [0.15, 0.2) is 62.6 Å². The van der Waals surface area contributed by atoms with Gasteiger partial charge in [0.15, 0.2) is 11.2 Å². The van der Waals surface area contributed by atoms with Crippen molar-refractivity contribution in [3.8, 4) is 11.8 Å². The molecule has 0 aliphatic heterocycles. The number of halogens is 2. The highest BCUT2D eigenvalue weighted by atomic mass is 79.9. The second kappa shape index (κ2) is 7.53. The summed E-state index contributed by atoms with van der Waals surface area (Å²) in [6, 6.07) is 14.5. The fourth-order valence-electron chi connectivity index (χ4n) is 3.08. The summed E-state index contributed by atoms with van der Waals surface area (Å²) < 4.78 is 10.8. The van der Waals surface area contributed by atoms with Gasteiger partial charge in [0.25, 0.3) is 5.56 Å². The predicted octanol–water partition coefficient (Wildman–Crippen LogP) is 3.69. The third-order valence-electron chi connectivity index (χ3n) is 4.57. The van der Waals surface area contributed by atoms with Crippen LogP contribution in [0.5, 0.6) is 11.8 Å². The van der Waals surface area contributed by atoms with Crippen LogP contribution >= 0.6 is 27.5 Å². The first-order chi connectivity index (χ1) is 13.8. The Bertz CT molecular complexity index is 1340. The van der Waals surface area contributed by atoms with Gasteiger partial charge in [-0.05, 0) is 42.0 Å². The van der Waals surface area contributed by atoms with E-state index in [-0.39, 0.29) is 23.7 Å². The number of ether oxygens (including phenoxy) is 1. The SMILES string of the molecule is Cn1c(Oc2ccc(Br)cc2)nc2c1c(=O)n(Cc1cccc(Cl)c1)c(=O)n2C. The van der Waals surface area contributed by atoms with E-state index in [0.717, 1.165) is 10.0 Å². The minimum atomic E-state index is -0.462. The van der Waals surface area contributed by atoms with Gasteiger partial charge in [0, 0.05) is 23.6 Å². The molecule has 0 N–H and O–H groups in total. The number of hydrogen-bond donors (Lipinski definition) is 0. The summed E-state index contributed by atoms with van der Waals surface area (Å²) in [6.45, 7) is 0.107. The third-order valence-corrected chi connectivity index (χ3v) is 5.34. The smallest absolute Gasteiger partial charge is 0.332 e. The van der Waals surface area contributed by atoms with Gasteiger partial charge in [0.1, 0.15) is 5.75 Å². The Morgan fingerprint density at radius 2 is 1.79 bits per heavy atom. The third kappa shape index (κ3) is 3.61. The first kappa shape index (κ1) is 19.5. The maximum absolute atomic E-state index is 13.1. The van der Waals surface area contributed by atoms with Gasteiger partial charge in [-0.25, -0.2) is 4.79 Å². The van der Waals surface area contributed by atoms with E-state index in [2.05, 4.69) is 20.9 Å². The van der Waals surface area contributed by atoms with Crippen LogP contribution in [0.3, 0.4) is 0 Å². The van der Waals surface area contributed by atoms with Crippen LogP contribution in [-0.2, 0) is 20.6 Å². The average Bonchev–Trinajstić information content (AvgIpc) is 3.02. The lowest BCUT2D eigenvalue weighted by atomic mass is 10.2. The van der Waals surface area contributed by atoms with Gasteiger partial charge in [-0.2, -0.15) is 4.98 Å². The van der Waals surface area contributed by atoms with E-state index in [0.29, 0.717) is 10.8 Å². The lowest BCUT2D eigenvalue weighted by Crippen LogP contribution is -2.39. The van der Waals surface area contributed by atoms with E-state index >= 15 is 0 Å². The molecule has 0 radical (unpaired) electrons. The molecule has 0 bridgehead atoms. The highest BCUT2D eigenvalue weighted by molar-refractivity contribution is 9.10. The van der Waals surface area contributed by atoms with E-state index < -0.39 is 11.2 Å². The molecule has 4 rings (SSSR count). The maximum atomic E-state index is 13.1. The van der Waals surface area contributed by atoms with Gasteiger partial charge in [0.2, 0.25) is 0 Å². The second-order valence-corrected chi connectivity index (χ2v) is 7.90. The number of nitrogens with zero attached hydrogens (tertiary/aromatic N) is 4. The Balaban J connectivity index is 1.84. The van der Waals surface area contributed by atoms with Crippen molar-refractivity contribution in [1.29, 1.82) is 0 Å². The lowest BCUT2D eigenvalue weighted by molar-refractivity contribution is 0.427. The first-order valence-electron chi connectivity index (χ1n) is 8.69. The summed E-state index contributed by atoms with van der Waals surface area (Å²) in [5.41, 5.74) is 0.391. The van der Waals surface area contributed by atoms with Crippen LogP contribution in [0.1, 0.15) is 5.56 Å². The minimum absolute atomic E-state index is 0.107. The Morgan fingerprint density at radius 3 is 2.48 bits per heavy atom. The number of fused-ring (bicyclic) bond motifs is 1. The van der Waals surface area contributed by atoms with Gasteiger partial charge < -0.3 is 4.74 Å². The molecule has 0 spiro atoms. The number of aromatic nitrogens is 4. The zero-order valence-corrected chi connectivity index (χ0v) is 17.9. The molecule has 0 aliphatic rings. The van der Waals surface area contributed by atoms with Crippen molar-refractivity contribution in [1.82, 2.24) is 18.7 Å². The largest absolute Gasteiger partial charge is 0.425 e. The van der Waals surface area contributed by atoms with E-state index in [9.17, 15) is 9.59 Å². The van der Waals surface area contributed by atoms with Crippen LogP contribution in [-0.4, -0.2) is 18.7 Å². The molecular formula is C20H16BrClN4O3. The Kier molecular flexibility index (Phi) is 5.06. The molecule has 2 heterocycles. The van der Waals surface area contributed by atoms with Crippen molar-refractivity contribution >= 4 is 38.7 Å². The lowest BCUT2D eigenvalue weighted by Gasteiger charge is -2.09. The zero-order valence-electron chi connectivity index (χ0n) is 15.6. The summed E-state index contributed by atoms with van der Waals surface area (Å²) in [7, 11) is 3.26. The standard InChI is InChI=1S/C20H16BrClN4O3/c1-24-16-17(23-19(24)29-15-8-6-13(21)7-9-15)25(2)20(28)26(18(16)27)11-12-4-3-5-14(22)10-12/h3-10H,11H2,1-2H3. The van der Waals surface area contributed by atoms with Crippen molar-refractivity contribution in [2.24, 2.45) is 14.1 Å². The van der Waals surface area contributed by atoms with E-state index in [1.165, 1.54) is 9.13 Å². The normalized spacial score (nSPS) is 11.2. The Hall–Kier alpha value is -2.84. The molecule has 0 saturated heterocycles. The first-order valence-corrected chi connectivity index (χ1v) is 9.86. The monoisotopic (exact) mass is 474 g/mol. The predicted molar refractivity (Wildman–Crippen MR) is 115 cm³/mol. The van der Waals surface area contributed by atoms with Crippen molar-refractivity contribution in [3.63, 3.8) is 0 Å². The summed E-state index contributed by atoms with van der Waals surface area (Å²) in [5.74, 6) is 0.566. The summed E-state index contributed by atoms with van der Waals surface area (Å²) >= 11 is 9.40. The fraction of sp³-hybridized carbons (Fsp3) is 0.150. The molecule has 4 aromatic rings. The highest BCUT2D eigenvalue weighted by Crippen LogP contribution is 2.24. The van der Waals surface area contributed by atoms with E-state index in [1.807, 2.05) is 18.2 Å². The number of hydrogen-bond acceptors (Lipinski definition) is 4. The fourth-order valence-corrected chi connectivity index (χ4v) is 3.56. The number of imidazole rings is 1. The molecule has 148 valence electrons. The molecule has 7 nitrogen and oxygen atoms in total. The van der Waals surface area contributed by atoms with Gasteiger partial charge in [0.05, 0.1) is 6.54 Å². The summed E-state index contributed by atoms with van der Waals surface area (Å²) in [6.07, 6.45) is 0. The van der Waals surface area contributed by atoms with E-state index in [4.69, 9.17) is 16.3 Å². The van der Waals surface area contributed by atoms with Gasteiger partial charge >= 0.3 is 11.7 Å². The van der Waals surface area contributed by atoms with Crippen LogP contribution < -0.4 is 16.0 Å². The molecule has 9 heteroatoms. The molecule has 2 aromatic heterocycles. The molecule has 0 unspecified atom stereocenters. The topological polar surface area (TPSA) is 71.1 Å². The van der Waals surface area contributed by atoms with E-state index in [1.54, 1.807) is 49.0 Å². The summed E-state index contributed by atoms with van der Waals surface area (Å²) in [4.78, 5) is 30.3. The maximum Gasteiger partial charge on any atom is 0.332 e. The Morgan fingerprint density at radius 1 is 1.07 bits per heavy atom. The van der Waals surface area contributed by atoms with Crippen molar-refractivity contribution in [2.45, 2.75) is 6.54 Å². The Labute approximate surface area is 178 Å². The van der Waals surface area contributed by atoms with Crippen LogP contribution in [0.25, 0.3) is 11.2 Å². The number of rotatable bonds is 4. The number of aryl methyl sites for hydroxylation is 2. The minimum Gasteiger partial charge on any atom is -0.425 e. The van der Waals surface area contributed by atoms with Gasteiger partial charge in [-0.1, -0.05) is 39.7 Å². The molecule has 0 amide bonds. The van der Waals surface area contributed by atoms with Crippen molar-refractivity contribution in [2.75, 3.05) is 0 Å². The molecule has 2 aromatic carbocycles.